The van der Waals surface area contributed by atoms with Crippen LogP contribution in [0.25, 0.3) is 0 Å². The van der Waals surface area contributed by atoms with Crippen molar-refractivity contribution in [2.75, 3.05) is 33.0 Å². The molecule has 0 N–H and O–H groups in total. The fourth-order valence-electron chi connectivity index (χ4n) is 2.17. The lowest BCUT2D eigenvalue weighted by atomic mass is 10.1. The normalized spacial score (nSPS) is 20.1. The summed E-state index contributed by atoms with van der Waals surface area (Å²) in [5, 5.41) is 0.623. The summed E-state index contributed by atoms with van der Waals surface area (Å²) in [4.78, 5) is -0.0554. The van der Waals surface area contributed by atoms with Crippen LogP contribution in [0.3, 0.4) is 0 Å². The van der Waals surface area contributed by atoms with Gasteiger partial charge < -0.3 is 18.9 Å². The molecule has 1 saturated heterocycles. The van der Waals surface area contributed by atoms with Crippen LogP contribution >= 0.6 is 27.5 Å². The SMILES string of the molecule is CCOc1cc(Cl)c(C(Br)C2COCCO2)cc1OCC. The van der Waals surface area contributed by atoms with Crippen LogP contribution in [0.5, 0.6) is 11.5 Å². The van der Waals surface area contributed by atoms with Gasteiger partial charge in [0, 0.05) is 11.1 Å². The molecule has 118 valence electrons. The van der Waals surface area contributed by atoms with E-state index in [1.165, 1.54) is 0 Å². The number of rotatable bonds is 6. The lowest BCUT2D eigenvalue weighted by Gasteiger charge is -2.28. The van der Waals surface area contributed by atoms with Gasteiger partial charge >= 0.3 is 0 Å². The van der Waals surface area contributed by atoms with Gasteiger partial charge in [0.1, 0.15) is 0 Å². The highest BCUT2D eigenvalue weighted by Crippen LogP contribution is 2.41. The largest absolute Gasteiger partial charge is 0.490 e. The number of benzene rings is 1. The first kappa shape index (κ1) is 16.9. The van der Waals surface area contributed by atoms with Crippen molar-refractivity contribution in [1.82, 2.24) is 0 Å². The highest BCUT2D eigenvalue weighted by atomic mass is 79.9. The monoisotopic (exact) mass is 378 g/mol. The van der Waals surface area contributed by atoms with Crippen LogP contribution in [-0.4, -0.2) is 39.1 Å². The zero-order chi connectivity index (χ0) is 15.2. The Kier molecular flexibility index (Phi) is 6.61. The molecule has 1 heterocycles. The Morgan fingerprint density at radius 1 is 1.24 bits per heavy atom. The lowest BCUT2D eigenvalue weighted by Crippen LogP contribution is -2.31. The van der Waals surface area contributed by atoms with Gasteiger partial charge in [0.25, 0.3) is 0 Å². The van der Waals surface area contributed by atoms with Gasteiger partial charge in [-0.2, -0.15) is 0 Å². The number of hydrogen-bond donors (Lipinski definition) is 0. The van der Waals surface area contributed by atoms with Crippen LogP contribution in [0, 0.1) is 0 Å². The van der Waals surface area contributed by atoms with E-state index in [-0.39, 0.29) is 10.9 Å². The molecular weight excluding hydrogens is 360 g/mol. The molecule has 6 heteroatoms. The smallest absolute Gasteiger partial charge is 0.162 e. The third-order valence-corrected chi connectivity index (χ3v) is 4.54. The third kappa shape index (κ3) is 4.25. The second-order valence-corrected chi connectivity index (χ2v) is 5.97. The topological polar surface area (TPSA) is 36.9 Å². The van der Waals surface area contributed by atoms with Crippen LogP contribution in [0.1, 0.15) is 24.2 Å². The molecular formula is C15H20BrClO4. The molecule has 1 aliphatic heterocycles. The highest BCUT2D eigenvalue weighted by molar-refractivity contribution is 9.09. The average molecular weight is 380 g/mol. The van der Waals surface area contributed by atoms with Crippen molar-refractivity contribution in [1.29, 1.82) is 0 Å². The van der Waals surface area contributed by atoms with Gasteiger partial charge in [-0.1, -0.05) is 27.5 Å². The van der Waals surface area contributed by atoms with Crippen molar-refractivity contribution in [2.45, 2.75) is 24.8 Å². The second-order valence-electron chi connectivity index (χ2n) is 4.57. The van der Waals surface area contributed by atoms with Gasteiger partial charge in [0.15, 0.2) is 11.5 Å². The first-order valence-corrected chi connectivity index (χ1v) is 8.39. The second kappa shape index (κ2) is 8.22. The maximum absolute atomic E-state index is 6.39. The number of hydrogen-bond acceptors (Lipinski definition) is 4. The summed E-state index contributed by atoms with van der Waals surface area (Å²) < 4.78 is 22.4. The van der Waals surface area contributed by atoms with Crippen molar-refractivity contribution >= 4 is 27.5 Å². The minimum absolute atomic E-state index is 0.0554. The zero-order valence-electron chi connectivity index (χ0n) is 12.2. The van der Waals surface area contributed by atoms with Gasteiger partial charge in [-0.25, -0.2) is 0 Å². The number of alkyl halides is 1. The van der Waals surface area contributed by atoms with E-state index in [1.54, 1.807) is 6.07 Å². The quantitative estimate of drug-likeness (QED) is 0.700. The van der Waals surface area contributed by atoms with Gasteiger partial charge in [-0.15, -0.1) is 0 Å². The van der Waals surface area contributed by atoms with E-state index >= 15 is 0 Å². The summed E-state index contributed by atoms with van der Waals surface area (Å²) in [5.74, 6) is 1.36. The van der Waals surface area contributed by atoms with Crippen LogP contribution in [0.4, 0.5) is 0 Å². The minimum atomic E-state index is -0.0660. The molecule has 2 unspecified atom stereocenters. The molecule has 1 aliphatic rings. The maximum atomic E-state index is 6.39. The Morgan fingerprint density at radius 2 is 1.90 bits per heavy atom. The average Bonchev–Trinajstić information content (AvgIpc) is 2.50. The molecule has 1 aromatic rings. The minimum Gasteiger partial charge on any atom is -0.490 e. The Balaban J connectivity index is 2.27. The first-order valence-electron chi connectivity index (χ1n) is 7.09. The van der Waals surface area contributed by atoms with Gasteiger partial charge in [0.2, 0.25) is 0 Å². The standard InChI is InChI=1S/C15H20BrClO4/c1-3-19-12-7-10(11(17)8-13(12)20-4-2)15(16)14-9-18-5-6-21-14/h7-8,14-15H,3-6,9H2,1-2H3. The van der Waals surface area contributed by atoms with E-state index in [0.29, 0.717) is 49.6 Å². The van der Waals surface area contributed by atoms with E-state index in [0.717, 1.165) is 5.56 Å². The summed E-state index contributed by atoms with van der Waals surface area (Å²) in [6, 6.07) is 3.71. The zero-order valence-corrected chi connectivity index (χ0v) is 14.6. The van der Waals surface area contributed by atoms with E-state index in [2.05, 4.69) is 15.9 Å². The molecule has 0 saturated carbocycles. The van der Waals surface area contributed by atoms with E-state index in [9.17, 15) is 0 Å². The molecule has 0 bridgehead atoms. The fourth-order valence-corrected chi connectivity index (χ4v) is 3.26. The highest BCUT2D eigenvalue weighted by Gasteiger charge is 2.27. The number of halogens is 2. The van der Waals surface area contributed by atoms with Crippen LogP contribution in [-0.2, 0) is 9.47 Å². The first-order chi connectivity index (χ1) is 10.2. The van der Waals surface area contributed by atoms with Crippen molar-refractivity contribution < 1.29 is 18.9 Å². The molecule has 4 nitrogen and oxygen atoms in total. The van der Waals surface area contributed by atoms with Crippen LogP contribution < -0.4 is 9.47 Å². The van der Waals surface area contributed by atoms with Crippen LogP contribution in [0.2, 0.25) is 5.02 Å². The van der Waals surface area contributed by atoms with Crippen molar-refractivity contribution in [2.24, 2.45) is 0 Å². The summed E-state index contributed by atoms with van der Waals surface area (Å²) >= 11 is 10.1. The Morgan fingerprint density at radius 3 is 2.48 bits per heavy atom. The van der Waals surface area contributed by atoms with Gasteiger partial charge in [-0.05, 0) is 25.5 Å². The maximum Gasteiger partial charge on any atom is 0.162 e. The molecule has 0 aliphatic carbocycles. The predicted octanol–water partition coefficient (Wildman–Crippen LogP) is 3.99. The molecule has 21 heavy (non-hydrogen) atoms. The molecule has 0 amide bonds. The molecule has 0 spiro atoms. The van der Waals surface area contributed by atoms with Gasteiger partial charge in [0.05, 0.1) is 44.0 Å². The van der Waals surface area contributed by atoms with Crippen molar-refractivity contribution in [3.05, 3.63) is 22.7 Å². The molecule has 0 radical (unpaired) electrons. The summed E-state index contributed by atoms with van der Waals surface area (Å²) in [7, 11) is 0. The Hall–Kier alpha value is -0.490. The lowest BCUT2D eigenvalue weighted by molar-refractivity contribution is -0.0876. The van der Waals surface area contributed by atoms with Crippen molar-refractivity contribution in [3.8, 4) is 11.5 Å². The van der Waals surface area contributed by atoms with E-state index in [4.69, 9.17) is 30.5 Å². The predicted molar refractivity (Wildman–Crippen MR) is 86.0 cm³/mol. The Labute approximate surface area is 138 Å². The molecule has 2 rings (SSSR count). The summed E-state index contributed by atoms with van der Waals surface area (Å²) in [5.41, 5.74) is 0.916. The van der Waals surface area contributed by atoms with Crippen molar-refractivity contribution in [3.63, 3.8) is 0 Å². The summed E-state index contributed by atoms with van der Waals surface area (Å²) in [6.45, 7) is 6.77. The van der Waals surface area contributed by atoms with E-state index < -0.39 is 0 Å². The van der Waals surface area contributed by atoms with Crippen LogP contribution in [0.15, 0.2) is 12.1 Å². The Bertz CT molecular complexity index is 463. The molecule has 1 aromatic carbocycles. The third-order valence-electron chi connectivity index (χ3n) is 3.13. The fraction of sp³-hybridized carbons (Fsp3) is 0.600. The summed E-state index contributed by atoms with van der Waals surface area (Å²) in [6.07, 6.45) is -0.0660. The number of ether oxygens (including phenoxy) is 4. The van der Waals surface area contributed by atoms with Gasteiger partial charge in [-0.3, -0.25) is 0 Å². The molecule has 0 aromatic heterocycles. The molecule has 1 fully saturated rings. The van der Waals surface area contributed by atoms with E-state index in [1.807, 2.05) is 19.9 Å². The molecule has 2 atom stereocenters.